The van der Waals surface area contributed by atoms with E-state index >= 15 is 0 Å². The van der Waals surface area contributed by atoms with Gasteiger partial charge in [-0.15, -0.1) is 0 Å². The van der Waals surface area contributed by atoms with Crippen molar-refractivity contribution >= 4 is 38.3 Å². The molecular formula is C18H14BrF2N3O2. The van der Waals surface area contributed by atoms with Crippen LogP contribution >= 0.6 is 15.9 Å². The molecule has 1 aromatic carbocycles. The molecule has 1 N–H and O–H groups in total. The fourth-order valence-corrected chi connectivity index (χ4v) is 3.24. The number of fused-ring (bicyclic) bond motifs is 1. The van der Waals surface area contributed by atoms with E-state index in [0.29, 0.717) is 26.8 Å². The molecule has 1 saturated heterocycles. The Labute approximate surface area is 155 Å². The smallest absolute Gasteiger partial charge is 0.274 e. The van der Waals surface area contributed by atoms with Crippen molar-refractivity contribution in [2.45, 2.75) is 5.67 Å². The Bertz CT molecular complexity index is 1060. The Hall–Kier alpha value is -2.32. The van der Waals surface area contributed by atoms with Gasteiger partial charge in [0.1, 0.15) is 17.3 Å². The van der Waals surface area contributed by atoms with Gasteiger partial charge in [0.05, 0.1) is 23.2 Å². The zero-order valence-electron chi connectivity index (χ0n) is 13.7. The number of ether oxygens (including phenoxy) is 1. The lowest BCUT2D eigenvalue weighted by molar-refractivity contribution is -0.135. The summed E-state index contributed by atoms with van der Waals surface area (Å²) < 4.78 is 35.3. The molecule has 1 fully saturated rings. The first-order chi connectivity index (χ1) is 12.4. The van der Waals surface area contributed by atoms with Crippen LogP contribution in [0.3, 0.4) is 0 Å². The second kappa shape index (κ2) is 6.14. The van der Waals surface area contributed by atoms with Crippen molar-refractivity contribution in [2.75, 3.05) is 18.5 Å². The van der Waals surface area contributed by atoms with Crippen molar-refractivity contribution in [1.82, 2.24) is 9.55 Å². The number of nitrogens with zero attached hydrogens (tertiary/aromatic N) is 2. The zero-order chi connectivity index (χ0) is 18.5. The van der Waals surface area contributed by atoms with Crippen molar-refractivity contribution in [3.05, 3.63) is 62.7 Å². The molecule has 2 aromatic heterocycles. The molecule has 1 aliphatic rings. The van der Waals surface area contributed by atoms with Crippen LogP contribution in [0.4, 0.5) is 20.3 Å². The maximum absolute atomic E-state index is 14.4. The molecule has 0 saturated carbocycles. The quantitative estimate of drug-likeness (QED) is 0.699. The van der Waals surface area contributed by atoms with Crippen molar-refractivity contribution < 1.29 is 13.5 Å². The van der Waals surface area contributed by atoms with Crippen LogP contribution < -0.4 is 10.9 Å². The molecule has 0 radical (unpaired) electrons. The van der Waals surface area contributed by atoms with Gasteiger partial charge in [0.25, 0.3) is 5.56 Å². The second-order valence-corrected chi connectivity index (χ2v) is 7.09. The van der Waals surface area contributed by atoms with Crippen molar-refractivity contribution in [1.29, 1.82) is 0 Å². The summed E-state index contributed by atoms with van der Waals surface area (Å²) in [6, 6.07) is 7.85. The van der Waals surface area contributed by atoms with Gasteiger partial charge in [-0.2, -0.15) is 0 Å². The highest BCUT2D eigenvalue weighted by Crippen LogP contribution is 2.33. The number of nitrogens with one attached hydrogen (secondary N) is 1. The maximum atomic E-state index is 14.4. The van der Waals surface area contributed by atoms with Crippen LogP contribution in [0.1, 0.15) is 5.56 Å². The van der Waals surface area contributed by atoms with Gasteiger partial charge >= 0.3 is 0 Å². The molecule has 3 heterocycles. The molecule has 134 valence electrons. The topological polar surface area (TPSA) is 56.2 Å². The van der Waals surface area contributed by atoms with E-state index in [2.05, 4.69) is 26.2 Å². The van der Waals surface area contributed by atoms with E-state index in [1.807, 2.05) is 0 Å². The maximum Gasteiger partial charge on any atom is 0.274 e. The lowest BCUT2D eigenvalue weighted by atomic mass is 9.96. The molecule has 0 unspecified atom stereocenters. The largest absolute Gasteiger partial charge is 0.374 e. The lowest BCUT2D eigenvalue weighted by Crippen LogP contribution is -2.42. The third kappa shape index (κ3) is 2.69. The van der Waals surface area contributed by atoms with Crippen molar-refractivity contribution in [3.63, 3.8) is 0 Å². The SMILES string of the molecule is Cn1c(=O)c(Nc2ccc(C3(F)COC3)cn2)cc2c(F)c(Br)ccc21. The Kier molecular flexibility index (Phi) is 4.04. The number of halogens is 3. The number of rotatable bonds is 3. The second-order valence-electron chi connectivity index (χ2n) is 6.23. The van der Waals surface area contributed by atoms with E-state index in [9.17, 15) is 13.6 Å². The summed E-state index contributed by atoms with van der Waals surface area (Å²) in [5.41, 5.74) is -0.733. The molecule has 0 amide bonds. The number of aryl methyl sites for hydroxylation is 1. The normalized spacial score (nSPS) is 15.7. The van der Waals surface area contributed by atoms with E-state index in [1.165, 1.54) is 16.8 Å². The molecule has 0 atom stereocenters. The lowest BCUT2D eigenvalue weighted by Gasteiger charge is -2.33. The molecule has 3 aromatic rings. The summed E-state index contributed by atoms with van der Waals surface area (Å²) in [6.07, 6.45) is 1.41. The molecule has 0 bridgehead atoms. The predicted molar refractivity (Wildman–Crippen MR) is 98.0 cm³/mol. The summed E-state index contributed by atoms with van der Waals surface area (Å²) in [7, 11) is 1.57. The van der Waals surface area contributed by atoms with Gasteiger partial charge < -0.3 is 14.6 Å². The van der Waals surface area contributed by atoms with Gasteiger partial charge in [-0.3, -0.25) is 4.79 Å². The number of aromatic nitrogens is 2. The number of alkyl halides is 1. The van der Waals surface area contributed by atoms with Gasteiger partial charge in [0.15, 0.2) is 5.67 Å². The third-order valence-corrected chi connectivity index (χ3v) is 5.11. The van der Waals surface area contributed by atoms with Gasteiger partial charge in [0.2, 0.25) is 0 Å². The number of anilines is 2. The van der Waals surface area contributed by atoms with Crippen LogP contribution in [0.5, 0.6) is 0 Å². The van der Waals surface area contributed by atoms with Gasteiger partial charge in [-0.25, -0.2) is 13.8 Å². The summed E-state index contributed by atoms with van der Waals surface area (Å²) in [4.78, 5) is 16.7. The van der Waals surface area contributed by atoms with Crippen LogP contribution in [0.25, 0.3) is 10.9 Å². The minimum absolute atomic E-state index is 0.0147. The van der Waals surface area contributed by atoms with E-state index in [-0.39, 0.29) is 24.5 Å². The predicted octanol–water partition coefficient (Wildman–Crippen LogP) is 3.77. The zero-order valence-corrected chi connectivity index (χ0v) is 15.3. The van der Waals surface area contributed by atoms with Crippen LogP contribution in [0.15, 0.2) is 45.8 Å². The number of hydrogen-bond acceptors (Lipinski definition) is 4. The van der Waals surface area contributed by atoms with Gasteiger partial charge in [-0.1, -0.05) is 6.07 Å². The molecule has 4 rings (SSSR count). The van der Waals surface area contributed by atoms with Crippen molar-refractivity contribution in [3.8, 4) is 0 Å². The van der Waals surface area contributed by atoms with Gasteiger partial charge in [-0.05, 0) is 40.2 Å². The first-order valence-corrected chi connectivity index (χ1v) is 8.66. The van der Waals surface area contributed by atoms with Crippen LogP contribution in [0.2, 0.25) is 0 Å². The Morgan fingerprint density at radius 3 is 2.69 bits per heavy atom. The first-order valence-electron chi connectivity index (χ1n) is 7.87. The summed E-state index contributed by atoms with van der Waals surface area (Å²) in [6.45, 7) is 0.0294. The highest BCUT2D eigenvalue weighted by atomic mass is 79.9. The third-order valence-electron chi connectivity index (χ3n) is 4.50. The first kappa shape index (κ1) is 17.1. The Morgan fingerprint density at radius 1 is 1.31 bits per heavy atom. The molecule has 8 heteroatoms. The van der Waals surface area contributed by atoms with Crippen LogP contribution in [-0.2, 0) is 17.5 Å². The molecular weight excluding hydrogens is 408 g/mol. The summed E-state index contributed by atoms with van der Waals surface area (Å²) in [5.74, 6) is -0.0849. The average Bonchev–Trinajstić information content (AvgIpc) is 2.61. The molecule has 5 nitrogen and oxygen atoms in total. The molecule has 26 heavy (non-hydrogen) atoms. The van der Waals surface area contributed by atoms with E-state index in [1.54, 1.807) is 31.3 Å². The van der Waals surface area contributed by atoms with Crippen LogP contribution in [-0.4, -0.2) is 22.8 Å². The van der Waals surface area contributed by atoms with E-state index in [0.717, 1.165) is 0 Å². The van der Waals surface area contributed by atoms with E-state index < -0.39 is 11.5 Å². The Balaban J connectivity index is 1.72. The number of pyridine rings is 2. The van der Waals surface area contributed by atoms with E-state index in [4.69, 9.17) is 4.74 Å². The monoisotopic (exact) mass is 421 g/mol. The Morgan fingerprint density at radius 2 is 2.08 bits per heavy atom. The van der Waals surface area contributed by atoms with Crippen LogP contribution in [0, 0.1) is 5.82 Å². The number of benzene rings is 1. The fourth-order valence-electron chi connectivity index (χ4n) is 2.89. The molecule has 0 aliphatic carbocycles. The standard InChI is InChI=1S/C18H14BrF2N3O2/c1-24-14-4-3-12(19)16(20)11(14)6-13(17(24)25)23-15-5-2-10(7-22-15)18(21)8-26-9-18/h2-7H,8-9H2,1H3,(H,22,23). The fraction of sp³-hybridized carbons (Fsp3) is 0.222. The summed E-state index contributed by atoms with van der Waals surface area (Å²) >= 11 is 3.15. The van der Waals surface area contributed by atoms with Gasteiger partial charge in [0, 0.05) is 24.2 Å². The summed E-state index contributed by atoms with van der Waals surface area (Å²) in [5, 5.41) is 3.19. The molecule has 0 spiro atoms. The minimum Gasteiger partial charge on any atom is -0.374 e. The highest BCUT2D eigenvalue weighted by Gasteiger charge is 2.40. The number of hydrogen-bond donors (Lipinski definition) is 1. The van der Waals surface area contributed by atoms with Crippen molar-refractivity contribution in [2.24, 2.45) is 7.05 Å². The average molecular weight is 422 g/mol. The molecule has 1 aliphatic heterocycles. The minimum atomic E-state index is -1.50. The highest BCUT2D eigenvalue weighted by molar-refractivity contribution is 9.10.